The molecular formula is C64H54ClN5O7S2. The fourth-order valence-corrected chi connectivity index (χ4v) is 13.0. The summed E-state index contributed by atoms with van der Waals surface area (Å²) < 4.78 is 12.7. The molecule has 3 heterocycles. The van der Waals surface area contributed by atoms with Gasteiger partial charge in [-0.1, -0.05) is 217 Å². The van der Waals surface area contributed by atoms with E-state index in [9.17, 15) is 14.4 Å². The zero-order valence-electron chi connectivity index (χ0n) is 42.7. The van der Waals surface area contributed by atoms with Crippen molar-refractivity contribution in [2.75, 3.05) is 16.9 Å². The summed E-state index contributed by atoms with van der Waals surface area (Å²) in [7, 11) is 0. The lowest BCUT2D eigenvalue weighted by molar-refractivity contribution is -0.176. The van der Waals surface area contributed by atoms with Crippen LogP contribution in [0.3, 0.4) is 0 Å². The van der Waals surface area contributed by atoms with Gasteiger partial charge in [0.1, 0.15) is 28.3 Å². The second-order valence-corrected chi connectivity index (χ2v) is 21.6. The summed E-state index contributed by atoms with van der Waals surface area (Å²) in [6.07, 6.45) is 0.297. The smallest absolute Gasteiger partial charge is 0.356 e. The molecule has 0 radical (unpaired) electrons. The molecule has 0 bridgehead atoms. The van der Waals surface area contributed by atoms with E-state index in [1.165, 1.54) is 28.0 Å². The summed E-state index contributed by atoms with van der Waals surface area (Å²) in [5.41, 5.74) is 3.76. The van der Waals surface area contributed by atoms with Crippen molar-refractivity contribution >= 4 is 69.3 Å². The number of rotatable bonds is 19. The molecule has 12 nitrogen and oxygen atoms in total. The van der Waals surface area contributed by atoms with Gasteiger partial charge in [-0.3, -0.25) is 14.5 Å². The quantitative estimate of drug-likeness (QED) is 0.0200. The molecule has 1 saturated heterocycles. The summed E-state index contributed by atoms with van der Waals surface area (Å²) in [5.74, 6) is -2.40. The lowest BCUT2D eigenvalue weighted by Gasteiger charge is -2.49. The highest BCUT2D eigenvalue weighted by atomic mass is 35.5. The average molecular weight is 1100 g/mol. The Balaban J connectivity index is 0.929. The van der Waals surface area contributed by atoms with Gasteiger partial charge in [0.25, 0.3) is 11.8 Å². The third kappa shape index (κ3) is 10.8. The van der Waals surface area contributed by atoms with Crippen molar-refractivity contribution in [3.05, 3.63) is 274 Å². The second-order valence-electron chi connectivity index (χ2n) is 19.4. The number of carbonyl (C=O) groups is 4. The van der Waals surface area contributed by atoms with Gasteiger partial charge in [0, 0.05) is 29.9 Å². The van der Waals surface area contributed by atoms with Gasteiger partial charge >= 0.3 is 11.9 Å². The lowest BCUT2D eigenvalue weighted by atomic mass is 9.77. The molecule has 8 aromatic rings. The minimum absolute atomic E-state index is 0.0254. The van der Waals surface area contributed by atoms with E-state index in [0.29, 0.717) is 29.3 Å². The number of amides is 2. The van der Waals surface area contributed by atoms with Gasteiger partial charge in [-0.2, -0.15) is 0 Å². The third-order valence-electron chi connectivity index (χ3n) is 14.5. The first-order valence-corrected chi connectivity index (χ1v) is 28.5. The Morgan fingerprint density at radius 2 is 1.10 bits per heavy atom. The number of carbonyl (C=O) groups excluding carboxylic acids is 4. The van der Waals surface area contributed by atoms with Gasteiger partial charge < -0.3 is 24.9 Å². The van der Waals surface area contributed by atoms with E-state index in [0.717, 1.165) is 38.9 Å². The number of halogens is 1. The fourth-order valence-electron chi connectivity index (χ4n) is 10.5. The molecule has 3 aliphatic rings. The Bertz CT molecular complexity index is 3300. The molecule has 0 spiro atoms. The number of β-lactam (4-membered cyclic amide) rings is 1. The topological polar surface area (TPSA) is 149 Å². The van der Waals surface area contributed by atoms with Crippen LogP contribution in [0.2, 0.25) is 0 Å². The number of ether oxygens (including phenoxy) is 2. The first-order valence-electron chi connectivity index (χ1n) is 26.1. The molecule has 1 aliphatic carbocycles. The van der Waals surface area contributed by atoms with Gasteiger partial charge in [-0.05, 0) is 57.4 Å². The number of nitrogens with zero attached hydrogens (tertiary/aromatic N) is 3. The highest BCUT2D eigenvalue weighted by Gasteiger charge is 2.55. The Hall–Kier alpha value is -8.30. The highest BCUT2D eigenvalue weighted by molar-refractivity contribution is 8.00. The van der Waals surface area contributed by atoms with Crippen molar-refractivity contribution in [1.29, 1.82) is 0 Å². The number of oxime groups is 1. The lowest BCUT2D eigenvalue weighted by Crippen LogP contribution is -2.71. The second kappa shape index (κ2) is 23.7. The number of benzene rings is 7. The summed E-state index contributed by atoms with van der Waals surface area (Å²) in [6.45, 7) is 0. The van der Waals surface area contributed by atoms with Crippen molar-refractivity contribution in [1.82, 2.24) is 15.2 Å². The van der Waals surface area contributed by atoms with Crippen LogP contribution in [0.4, 0.5) is 5.13 Å². The third-order valence-corrected chi connectivity index (χ3v) is 16.9. The maximum Gasteiger partial charge on any atom is 0.356 e. The largest absolute Gasteiger partial charge is 0.450 e. The molecular weight excluding hydrogens is 1050 g/mol. The molecule has 1 aromatic heterocycles. The number of anilines is 1. The zero-order chi connectivity index (χ0) is 54.2. The summed E-state index contributed by atoms with van der Waals surface area (Å²) in [5, 5.41) is 12.7. The Morgan fingerprint density at radius 1 is 0.658 bits per heavy atom. The van der Waals surface area contributed by atoms with Crippen LogP contribution in [-0.4, -0.2) is 68.0 Å². The van der Waals surface area contributed by atoms with E-state index in [4.69, 9.17) is 30.9 Å². The predicted molar refractivity (Wildman–Crippen MR) is 308 cm³/mol. The number of aromatic nitrogens is 1. The average Bonchev–Trinajstić information content (AvgIpc) is 4.34. The standard InChI is InChI=1S/C64H54ClN5O7S2/c65-40-47-41-78-59-53(58(72)70(59)54(47)60(73)75-55(43-24-8-1-9-25-43)44-26-10-2-11-27-44)67-57(71)52(69-77-63(38-22-23-39-63)61(74)76-56(45-28-12-3-13-29-45)46-30-14-4-15-31-46)51-42-79-62(66-51)68-64(48-32-16-5-17-33-48,49-34-18-6-19-35-49)50-36-20-7-21-37-50/h1-21,24-37,42,53,55-56,59H,22-23,38-41H2,(H,66,68)(H,67,71)/b69-52-. The minimum Gasteiger partial charge on any atom is -0.450 e. The van der Waals surface area contributed by atoms with E-state index in [2.05, 4.69) is 52.2 Å². The fraction of sp³-hybridized carbons (Fsp3) is 0.188. The first kappa shape index (κ1) is 52.7. The predicted octanol–water partition coefficient (Wildman–Crippen LogP) is 12.1. The van der Waals surface area contributed by atoms with Crippen LogP contribution in [0, 0.1) is 0 Å². The molecule has 2 amide bonds. The monoisotopic (exact) mass is 1100 g/mol. The van der Waals surface area contributed by atoms with Gasteiger partial charge in [0.05, 0.1) is 0 Å². The molecule has 396 valence electrons. The molecule has 79 heavy (non-hydrogen) atoms. The van der Waals surface area contributed by atoms with Crippen molar-refractivity contribution < 1.29 is 33.5 Å². The van der Waals surface area contributed by atoms with Gasteiger partial charge in [0.15, 0.2) is 23.1 Å². The zero-order valence-corrected chi connectivity index (χ0v) is 45.1. The molecule has 2 atom stereocenters. The van der Waals surface area contributed by atoms with Gasteiger partial charge in [0.2, 0.25) is 5.60 Å². The van der Waals surface area contributed by atoms with Crippen molar-refractivity contribution in [3.63, 3.8) is 0 Å². The number of thioether (sulfide) groups is 1. The maximum atomic E-state index is 15.1. The maximum absolute atomic E-state index is 15.1. The van der Waals surface area contributed by atoms with Crippen molar-refractivity contribution in [2.24, 2.45) is 5.16 Å². The van der Waals surface area contributed by atoms with Crippen LogP contribution in [0.25, 0.3) is 0 Å². The number of alkyl halides is 1. The molecule has 2 aliphatic heterocycles. The molecule has 2 fully saturated rings. The van der Waals surface area contributed by atoms with E-state index in [1.54, 1.807) is 5.38 Å². The Morgan fingerprint density at radius 3 is 1.56 bits per heavy atom. The van der Waals surface area contributed by atoms with E-state index in [-0.39, 0.29) is 35.8 Å². The van der Waals surface area contributed by atoms with Crippen LogP contribution >= 0.6 is 34.7 Å². The molecule has 7 aromatic carbocycles. The number of thiazole rings is 1. The van der Waals surface area contributed by atoms with E-state index < -0.39 is 58.5 Å². The summed E-state index contributed by atoms with van der Waals surface area (Å²) in [4.78, 5) is 71.8. The summed E-state index contributed by atoms with van der Waals surface area (Å²) in [6, 6.07) is 66.8. The van der Waals surface area contributed by atoms with Crippen LogP contribution < -0.4 is 10.6 Å². The Kier molecular flexibility index (Phi) is 15.9. The van der Waals surface area contributed by atoms with Crippen LogP contribution in [-0.2, 0) is 39.0 Å². The number of esters is 2. The molecule has 11 rings (SSSR count). The SMILES string of the molecule is O=C(OC(c1ccccc1)c1ccccc1)C1=C(CCl)CSC2C(NC(=O)/C(=N\OC3(C(=O)OC(c4ccccc4)c4ccccc4)CCCC3)c3csc(NC(c4ccccc4)(c4ccccc4)c4ccccc4)n3)C(=O)N12. The van der Waals surface area contributed by atoms with Crippen molar-refractivity contribution in [3.8, 4) is 0 Å². The number of hydrogen-bond donors (Lipinski definition) is 2. The van der Waals surface area contributed by atoms with Gasteiger partial charge in [-0.25, -0.2) is 14.6 Å². The highest BCUT2D eigenvalue weighted by Crippen LogP contribution is 2.44. The number of hydrogen-bond acceptors (Lipinski definition) is 12. The normalized spacial score (nSPS) is 16.9. The van der Waals surface area contributed by atoms with Crippen LogP contribution in [0.15, 0.2) is 234 Å². The van der Waals surface area contributed by atoms with E-state index in [1.807, 2.05) is 176 Å². The number of nitrogens with one attached hydrogen (secondary N) is 2. The number of fused-ring (bicyclic) bond motifs is 1. The molecule has 15 heteroatoms. The first-order chi connectivity index (χ1) is 38.8. The van der Waals surface area contributed by atoms with E-state index >= 15 is 4.79 Å². The van der Waals surface area contributed by atoms with Crippen LogP contribution in [0.5, 0.6) is 0 Å². The van der Waals surface area contributed by atoms with Crippen LogP contribution in [0.1, 0.15) is 82.5 Å². The molecule has 2 unspecified atom stereocenters. The molecule has 2 N–H and O–H groups in total. The molecule has 1 saturated carbocycles. The van der Waals surface area contributed by atoms with Gasteiger partial charge in [-0.15, -0.1) is 34.7 Å². The minimum atomic E-state index is -1.56. The van der Waals surface area contributed by atoms with Crippen molar-refractivity contribution in [2.45, 2.75) is 60.4 Å². The Labute approximate surface area is 471 Å². The summed E-state index contributed by atoms with van der Waals surface area (Å²) >= 11 is 9.13.